The molecular weight excluding hydrogens is 210 g/mol. The van der Waals surface area contributed by atoms with E-state index >= 15 is 0 Å². The first-order valence-electron chi connectivity index (χ1n) is 7.22. The standard InChI is InChI=1S/C15H29NO/c1-11-6-7-13(16-10-11)8-12-9-14(2,3)17-15(12,4)5/h11-13,16H,6-10H2,1-5H3. The second kappa shape index (κ2) is 4.55. The van der Waals surface area contributed by atoms with Gasteiger partial charge in [-0.15, -0.1) is 0 Å². The predicted octanol–water partition coefficient (Wildman–Crippen LogP) is 3.36. The van der Waals surface area contributed by atoms with E-state index in [4.69, 9.17) is 4.74 Å². The van der Waals surface area contributed by atoms with Crippen LogP contribution in [0.15, 0.2) is 0 Å². The van der Waals surface area contributed by atoms with Crippen molar-refractivity contribution >= 4 is 0 Å². The van der Waals surface area contributed by atoms with Crippen LogP contribution in [0.3, 0.4) is 0 Å². The minimum atomic E-state index is 0.0498. The van der Waals surface area contributed by atoms with Crippen molar-refractivity contribution in [2.24, 2.45) is 11.8 Å². The lowest BCUT2D eigenvalue weighted by Gasteiger charge is -2.33. The largest absolute Gasteiger partial charge is 0.369 e. The number of ether oxygens (including phenoxy) is 1. The van der Waals surface area contributed by atoms with Crippen LogP contribution in [0.25, 0.3) is 0 Å². The van der Waals surface area contributed by atoms with Gasteiger partial charge in [-0.25, -0.2) is 0 Å². The van der Waals surface area contributed by atoms with E-state index in [9.17, 15) is 0 Å². The Balaban J connectivity index is 1.90. The van der Waals surface area contributed by atoms with Crippen LogP contribution in [0.2, 0.25) is 0 Å². The Labute approximate surface area is 107 Å². The van der Waals surface area contributed by atoms with Crippen molar-refractivity contribution < 1.29 is 4.74 Å². The zero-order valence-corrected chi connectivity index (χ0v) is 12.2. The second-order valence-corrected chi connectivity index (χ2v) is 7.39. The highest BCUT2D eigenvalue weighted by Gasteiger charge is 2.46. The van der Waals surface area contributed by atoms with Gasteiger partial charge in [-0.2, -0.15) is 0 Å². The molecule has 0 aliphatic carbocycles. The van der Waals surface area contributed by atoms with Crippen LogP contribution in [0, 0.1) is 11.8 Å². The van der Waals surface area contributed by atoms with E-state index < -0.39 is 0 Å². The van der Waals surface area contributed by atoms with E-state index in [2.05, 4.69) is 39.9 Å². The first kappa shape index (κ1) is 13.4. The summed E-state index contributed by atoms with van der Waals surface area (Å²) < 4.78 is 6.18. The fourth-order valence-electron chi connectivity index (χ4n) is 3.65. The Morgan fingerprint density at radius 1 is 1.18 bits per heavy atom. The van der Waals surface area contributed by atoms with Crippen LogP contribution in [0.4, 0.5) is 0 Å². The smallest absolute Gasteiger partial charge is 0.0663 e. The van der Waals surface area contributed by atoms with Gasteiger partial charge in [-0.3, -0.25) is 0 Å². The van der Waals surface area contributed by atoms with Crippen LogP contribution in [0.5, 0.6) is 0 Å². The minimum absolute atomic E-state index is 0.0498. The molecule has 0 radical (unpaired) electrons. The van der Waals surface area contributed by atoms with Crippen LogP contribution < -0.4 is 5.32 Å². The molecule has 1 N–H and O–H groups in total. The van der Waals surface area contributed by atoms with E-state index in [1.54, 1.807) is 0 Å². The zero-order valence-electron chi connectivity index (χ0n) is 12.2. The monoisotopic (exact) mass is 239 g/mol. The van der Waals surface area contributed by atoms with Crippen molar-refractivity contribution in [1.29, 1.82) is 0 Å². The van der Waals surface area contributed by atoms with Gasteiger partial charge in [-0.1, -0.05) is 6.92 Å². The SMILES string of the molecule is CC1CCC(CC2CC(C)(C)OC2(C)C)NC1. The molecule has 2 heteroatoms. The molecule has 3 unspecified atom stereocenters. The summed E-state index contributed by atoms with van der Waals surface area (Å²) in [6.45, 7) is 12.5. The molecule has 100 valence electrons. The Morgan fingerprint density at radius 3 is 2.35 bits per heavy atom. The summed E-state index contributed by atoms with van der Waals surface area (Å²) in [6, 6.07) is 0.716. The molecule has 2 rings (SSSR count). The van der Waals surface area contributed by atoms with E-state index in [-0.39, 0.29) is 11.2 Å². The average Bonchev–Trinajstić information content (AvgIpc) is 2.38. The van der Waals surface area contributed by atoms with Gasteiger partial charge in [-0.05, 0) is 71.8 Å². The highest BCUT2D eigenvalue weighted by atomic mass is 16.5. The van der Waals surface area contributed by atoms with Crippen molar-refractivity contribution in [3.05, 3.63) is 0 Å². The molecule has 17 heavy (non-hydrogen) atoms. The van der Waals surface area contributed by atoms with E-state index in [1.165, 1.54) is 32.2 Å². The van der Waals surface area contributed by atoms with Crippen LogP contribution >= 0.6 is 0 Å². The normalized spacial score (nSPS) is 40.4. The molecule has 2 aliphatic heterocycles. The lowest BCUT2D eigenvalue weighted by Crippen LogP contribution is -2.41. The molecular formula is C15H29NO. The Kier molecular flexibility index (Phi) is 3.57. The number of hydrogen-bond donors (Lipinski definition) is 1. The number of nitrogens with one attached hydrogen (secondary N) is 1. The van der Waals surface area contributed by atoms with E-state index in [0.29, 0.717) is 12.0 Å². The number of rotatable bonds is 2. The molecule has 0 aromatic heterocycles. The first-order valence-corrected chi connectivity index (χ1v) is 7.22. The molecule has 0 saturated carbocycles. The average molecular weight is 239 g/mol. The molecule has 2 aliphatic rings. The van der Waals surface area contributed by atoms with E-state index in [0.717, 1.165) is 5.92 Å². The Morgan fingerprint density at radius 2 is 1.88 bits per heavy atom. The molecule has 0 bridgehead atoms. The summed E-state index contributed by atoms with van der Waals surface area (Å²) in [5.41, 5.74) is 0.115. The molecule has 3 atom stereocenters. The van der Waals surface area contributed by atoms with Gasteiger partial charge in [0, 0.05) is 6.04 Å². The fraction of sp³-hybridized carbons (Fsp3) is 1.00. The predicted molar refractivity (Wildman–Crippen MR) is 72.2 cm³/mol. The van der Waals surface area contributed by atoms with E-state index in [1.807, 2.05) is 0 Å². The third-order valence-electron chi connectivity index (χ3n) is 4.59. The molecule has 0 aromatic carbocycles. The number of hydrogen-bond acceptors (Lipinski definition) is 2. The molecule has 0 spiro atoms. The van der Waals surface area contributed by atoms with Gasteiger partial charge in [0.25, 0.3) is 0 Å². The molecule has 0 amide bonds. The Hall–Kier alpha value is -0.0800. The maximum absolute atomic E-state index is 6.18. The third-order valence-corrected chi connectivity index (χ3v) is 4.59. The summed E-state index contributed by atoms with van der Waals surface area (Å²) in [5, 5.41) is 3.71. The molecule has 2 nitrogen and oxygen atoms in total. The maximum atomic E-state index is 6.18. The van der Waals surface area contributed by atoms with Crippen molar-refractivity contribution in [1.82, 2.24) is 5.32 Å². The maximum Gasteiger partial charge on any atom is 0.0663 e. The third kappa shape index (κ3) is 3.23. The molecule has 2 fully saturated rings. The van der Waals surface area contributed by atoms with Crippen molar-refractivity contribution in [2.45, 2.75) is 77.5 Å². The molecule has 2 heterocycles. The highest BCUT2D eigenvalue weighted by molar-refractivity contribution is 4.96. The molecule has 0 aromatic rings. The number of piperidine rings is 1. The summed E-state index contributed by atoms with van der Waals surface area (Å²) in [6.07, 6.45) is 5.21. The quantitative estimate of drug-likeness (QED) is 0.798. The minimum Gasteiger partial charge on any atom is -0.369 e. The summed E-state index contributed by atoms with van der Waals surface area (Å²) in [4.78, 5) is 0. The van der Waals surface area contributed by atoms with Crippen molar-refractivity contribution in [3.8, 4) is 0 Å². The van der Waals surface area contributed by atoms with Crippen LogP contribution in [-0.4, -0.2) is 23.8 Å². The van der Waals surface area contributed by atoms with Crippen molar-refractivity contribution in [2.75, 3.05) is 6.54 Å². The van der Waals surface area contributed by atoms with Gasteiger partial charge in [0.05, 0.1) is 11.2 Å². The lowest BCUT2D eigenvalue weighted by atomic mass is 9.80. The van der Waals surface area contributed by atoms with Gasteiger partial charge in [0.1, 0.15) is 0 Å². The topological polar surface area (TPSA) is 21.3 Å². The first-order chi connectivity index (χ1) is 7.78. The lowest BCUT2D eigenvalue weighted by molar-refractivity contribution is -0.0761. The van der Waals surface area contributed by atoms with Crippen LogP contribution in [-0.2, 0) is 4.74 Å². The van der Waals surface area contributed by atoms with Gasteiger partial charge in [0.2, 0.25) is 0 Å². The molecule has 2 saturated heterocycles. The zero-order chi connectivity index (χ0) is 12.7. The van der Waals surface area contributed by atoms with Crippen LogP contribution in [0.1, 0.15) is 60.3 Å². The fourth-order valence-corrected chi connectivity index (χ4v) is 3.65. The van der Waals surface area contributed by atoms with Crippen molar-refractivity contribution in [3.63, 3.8) is 0 Å². The Bertz CT molecular complexity index is 264. The summed E-state index contributed by atoms with van der Waals surface area (Å²) in [7, 11) is 0. The highest BCUT2D eigenvalue weighted by Crippen LogP contribution is 2.44. The second-order valence-electron chi connectivity index (χ2n) is 7.39. The van der Waals surface area contributed by atoms with Gasteiger partial charge >= 0.3 is 0 Å². The van der Waals surface area contributed by atoms with Gasteiger partial charge in [0.15, 0.2) is 0 Å². The van der Waals surface area contributed by atoms with Gasteiger partial charge < -0.3 is 10.1 Å². The summed E-state index contributed by atoms with van der Waals surface area (Å²) >= 11 is 0. The summed E-state index contributed by atoms with van der Waals surface area (Å²) in [5.74, 6) is 1.55.